The number of carbonyl (C=O) groups is 3. The van der Waals surface area contributed by atoms with Crippen LogP contribution in [0.3, 0.4) is 0 Å². The topological polar surface area (TPSA) is 90.9 Å². The molecule has 27 heavy (non-hydrogen) atoms. The predicted octanol–water partition coefficient (Wildman–Crippen LogP) is 2.59. The number of carbonyl (C=O) groups excluding carboxylic acids is 3. The van der Waals surface area contributed by atoms with Crippen LogP contribution in [0.5, 0.6) is 0 Å². The van der Waals surface area contributed by atoms with E-state index in [0.29, 0.717) is 5.17 Å². The van der Waals surface area contributed by atoms with Gasteiger partial charge in [-0.3, -0.25) is 24.8 Å². The molecule has 4 amide bonds. The highest BCUT2D eigenvalue weighted by Crippen LogP contribution is 2.26. The normalized spacial score (nSPS) is 18.4. The zero-order valence-corrected chi connectivity index (χ0v) is 16.3. The van der Waals surface area contributed by atoms with Crippen LogP contribution in [0, 0.1) is 6.92 Å². The Balaban J connectivity index is 1.57. The van der Waals surface area contributed by atoms with Crippen molar-refractivity contribution in [1.29, 1.82) is 0 Å². The molecule has 0 saturated heterocycles. The molecule has 0 unspecified atom stereocenters. The van der Waals surface area contributed by atoms with Gasteiger partial charge in [-0.1, -0.05) is 42.3 Å². The van der Waals surface area contributed by atoms with Crippen molar-refractivity contribution in [2.75, 3.05) is 11.4 Å². The van der Waals surface area contributed by atoms with Crippen LogP contribution in [0.25, 0.3) is 0 Å². The van der Waals surface area contributed by atoms with Crippen LogP contribution in [0.2, 0.25) is 0 Å². The number of hydrogen-bond acceptors (Lipinski definition) is 5. The van der Waals surface area contributed by atoms with Gasteiger partial charge in [-0.15, -0.1) is 0 Å². The second-order valence-corrected chi connectivity index (χ2v) is 8.18. The van der Waals surface area contributed by atoms with Crippen LogP contribution in [-0.2, 0) is 9.59 Å². The lowest BCUT2D eigenvalue weighted by molar-refractivity contribution is -0.119. The van der Waals surface area contributed by atoms with Crippen molar-refractivity contribution in [2.45, 2.75) is 50.8 Å². The number of anilines is 1. The summed E-state index contributed by atoms with van der Waals surface area (Å²) in [6.07, 6.45) is 4.12. The molecule has 0 aromatic heterocycles. The summed E-state index contributed by atoms with van der Waals surface area (Å²) in [5.74, 6) is -0.533. The number of amidine groups is 1. The predicted molar refractivity (Wildman–Crippen MR) is 107 cm³/mol. The number of imide groups is 1. The summed E-state index contributed by atoms with van der Waals surface area (Å²) in [7, 11) is 0. The molecule has 2 N–H and O–H groups in total. The van der Waals surface area contributed by atoms with E-state index in [0.717, 1.165) is 36.9 Å². The Morgan fingerprint density at radius 1 is 1.22 bits per heavy atom. The highest BCUT2D eigenvalue weighted by molar-refractivity contribution is 8.15. The Bertz CT molecular complexity index is 757. The number of urea groups is 1. The van der Waals surface area contributed by atoms with Gasteiger partial charge in [0, 0.05) is 6.04 Å². The van der Waals surface area contributed by atoms with Gasteiger partial charge in [0.1, 0.15) is 6.54 Å². The fourth-order valence-corrected chi connectivity index (χ4v) is 4.07. The lowest BCUT2D eigenvalue weighted by atomic mass is 10.2. The first-order valence-corrected chi connectivity index (χ1v) is 10.0. The maximum Gasteiger partial charge on any atom is 0.321 e. The summed E-state index contributed by atoms with van der Waals surface area (Å²) in [5.41, 5.74) is 1.82. The molecule has 0 spiro atoms. The van der Waals surface area contributed by atoms with Crippen LogP contribution < -0.4 is 15.5 Å². The monoisotopic (exact) mass is 388 g/mol. The maximum atomic E-state index is 12.3. The van der Waals surface area contributed by atoms with E-state index in [9.17, 15) is 14.4 Å². The van der Waals surface area contributed by atoms with Crippen molar-refractivity contribution in [3.8, 4) is 0 Å². The van der Waals surface area contributed by atoms with Crippen LogP contribution in [0.4, 0.5) is 10.5 Å². The van der Waals surface area contributed by atoms with Crippen LogP contribution >= 0.6 is 11.8 Å². The Morgan fingerprint density at radius 2 is 1.89 bits per heavy atom. The molecule has 1 fully saturated rings. The van der Waals surface area contributed by atoms with E-state index in [4.69, 9.17) is 0 Å². The van der Waals surface area contributed by atoms with E-state index in [-0.39, 0.29) is 18.5 Å². The molecule has 0 radical (unpaired) electrons. The number of rotatable bonds is 4. The average molecular weight is 388 g/mol. The molecule has 0 bridgehead atoms. The van der Waals surface area contributed by atoms with Crippen molar-refractivity contribution >= 4 is 40.5 Å². The summed E-state index contributed by atoms with van der Waals surface area (Å²) in [6, 6.07) is 7.25. The van der Waals surface area contributed by atoms with Crippen LogP contribution in [-0.4, -0.2) is 40.8 Å². The summed E-state index contributed by atoms with van der Waals surface area (Å²) in [4.78, 5) is 42.3. The number of benzene rings is 1. The Labute approximate surface area is 163 Å². The third-order valence-electron chi connectivity index (χ3n) is 4.66. The van der Waals surface area contributed by atoms with Crippen molar-refractivity contribution in [3.63, 3.8) is 0 Å². The molecular weight excluding hydrogens is 364 g/mol. The van der Waals surface area contributed by atoms with Gasteiger partial charge in [-0.2, -0.15) is 0 Å². The van der Waals surface area contributed by atoms with Gasteiger partial charge < -0.3 is 5.32 Å². The zero-order valence-electron chi connectivity index (χ0n) is 15.5. The number of thioether (sulfide) groups is 1. The number of nitrogens with zero attached hydrogens (tertiary/aromatic N) is 2. The molecule has 3 rings (SSSR count). The number of aliphatic imine (C=N–C) groups is 1. The maximum absolute atomic E-state index is 12.3. The van der Waals surface area contributed by atoms with Gasteiger partial charge in [-0.25, -0.2) is 4.79 Å². The second-order valence-electron chi connectivity index (χ2n) is 6.87. The van der Waals surface area contributed by atoms with Gasteiger partial charge in [-0.05, 0) is 38.8 Å². The molecule has 2 aliphatic rings. The SMILES string of the molecule is Cc1ccc(N2C(=O)CN=C2S[C@H](C)C(=O)NC(=O)NC2CCCC2)cc1. The standard InChI is InChI=1S/C19H24N4O3S/c1-12-7-9-15(10-8-12)23-16(24)11-20-19(23)27-13(2)17(25)22-18(26)21-14-5-3-4-6-14/h7-10,13-14H,3-6,11H2,1-2H3,(H2,21,22,25,26)/t13-/m1/s1. The van der Waals surface area contributed by atoms with Crippen LogP contribution in [0.15, 0.2) is 29.3 Å². The van der Waals surface area contributed by atoms with Gasteiger partial charge in [0.05, 0.1) is 10.9 Å². The van der Waals surface area contributed by atoms with E-state index in [1.165, 1.54) is 16.7 Å². The summed E-state index contributed by atoms with van der Waals surface area (Å²) in [5, 5.41) is 5.13. The number of amides is 4. The minimum Gasteiger partial charge on any atom is -0.335 e. The molecule has 7 nitrogen and oxygen atoms in total. The molecule has 1 aliphatic carbocycles. The molecule has 1 saturated carbocycles. The Morgan fingerprint density at radius 3 is 2.56 bits per heavy atom. The van der Waals surface area contributed by atoms with Gasteiger partial charge in [0.2, 0.25) is 5.91 Å². The average Bonchev–Trinajstić information content (AvgIpc) is 3.26. The van der Waals surface area contributed by atoms with Gasteiger partial charge in [0.15, 0.2) is 5.17 Å². The largest absolute Gasteiger partial charge is 0.335 e. The van der Waals surface area contributed by atoms with E-state index in [1.807, 2.05) is 31.2 Å². The minimum absolute atomic E-state index is 0.0622. The van der Waals surface area contributed by atoms with E-state index < -0.39 is 17.2 Å². The van der Waals surface area contributed by atoms with Crippen LogP contribution in [0.1, 0.15) is 38.2 Å². The van der Waals surface area contributed by atoms with E-state index >= 15 is 0 Å². The van der Waals surface area contributed by atoms with Gasteiger partial charge >= 0.3 is 6.03 Å². The molecular formula is C19H24N4O3S. The molecule has 1 atom stereocenters. The third kappa shape index (κ3) is 4.88. The quantitative estimate of drug-likeness (QED) is 0.829. The van der Waals surface area contributed by atoms with Crippen molar-refractivity contribution in [1.82, 2.24) is 10.6 Å². The highest BCUT2D eigenvalue weighted by atomic mass is 32.2. The first kappa shape index (κ1) is 19.4. The lowest BCUT2D eigenvalue weighted by Crippen LogP contribution is -2.46. The zero-order chi connectivity index (χ0) is 19.4. The van der Waals surface area contributed by atoms with Crippen molar-refractivity contribution < 1.29 is 14.4 Å². The van der Waals surface area contributed by atoms with Gasteiger partial charge in [0.25, 0.3) is 5.91 Å². The summed E-state index contributed by atoms with van der Waals surface area (Å²) in [6.45, 7) is 3.73. The minimum atomic E-state index is -0.558. The molecule has 1 aliphatic heterocycles. The number of hydrogen-bond donors (Lipinski definition) is 2. The first-order chi connectivity index (χ1) is 12.9. The fourth-order valence-electron chi connectivity index (χ4n) is 3.14. The fraction of sp³-hybridized carbons (Fsp3) is 0.474. The molecule has 1 aromatic rings. The smallest absolute Gasteiger partial charge is 0.321 e. The first-order valence-electron chi connectivity index (χ1n) is 9.16. The number of aryl methyl sites for hydroxylation is 1. The molecule has 1 aromatic carbocycles. The third-order valence-corrected chi connectivity index (χ3v) is 5.75. The molecule has 8 heteroatoms. The lowest BCUT2D eigenvalue weighted by Gasteiger charge is -2.20. The Hall–Kier alpha value is -2.35. The van der Waals surface area contributed by atoms with E-state index in [1.54, 1.807) is 6.92 Å². The van der Waals surface area contributed by atoms with E-state index in [2.05, 4.69) is 15.6 Å². The molecule has 144 valence electrons. The van der Waals surface area contributed by atoms with Crippen molar-refractivity contribution in [3.05, 3.63) is 29.8 Å². The summed E-state index contributed by atoms with van der Waals surface area (Å²) < 4.78 is 0. The number of nitrogens with one attached hydrogen (secondary N) is 2. The highest BCUT2D eigenvalue weighted by Gasteiger charge is 2.31. The Kier molecular flexibility index (Phi) is 6.15. The second kappa shape index (κ2) is 8.56. The summed E-state index contributed by atoms with van der Waals surface area (Å²) >= 11 is 1.17. The van der Waals surface area contributed by atoms with Crippen molar-refractivity contribution in [2.24, 2.45) is 4.99 Å². The molecule has 1 heterocycles.